The number of rotatable bonds is 7. The molecule has 0 aliphatic heterocycles. The average Bonchev–Trinajstić information content (AvgIpc) is 2.15. The summed E-state index contributed by atoms with van der Waals surface area (Å²) in [5.41, 5.74) is 5.41. The van der Waals surface area contributed by atoms with E-state index in [1.165, 1.54) is 7.05 Å². The molecule has 0 aliphatic carbocycles. The highest BCUT2D eigenvalue weighted by molar-refractivity contribution is 7.92. The number of amides is 1. The summed E-state index contributed by atoms with van der Waals surface area (Å²) in [7, 11) is -2.33. The lowest BCUT2D eigenvalue weighted by molar-refractivity contribution is -0.121. The Labute approximate surface area is 114 Å². The van der Waals surface area contributed by atoms with Crippen molar-refractivity contribution in [2.45, 2.75) is 38.5 Å². The molecule has 0 fully saturated rings. The number of nitrogens with zero attached hydrogens (tertiary/aromatic N) is 1. The van der Waals surface area contributed by atoms with Crippen molar-refractivity contribution < 1.29 is 13.2 Å². The summed E-state index contributed by atoms with van der Waals surface area (Å²) >= 11 is 4.74. The summed E-state index contributed by atoms with van der Waals surface area (Å²) in [5.74, 6) is -0.353. The zero-order chi connectivity index (χ0) is 14.5. The highest BCUT2D eigenvalue weighted by Gasteiger charge is 2.31. The van der Waals surface area contributed by atoms with Gasteiger partial charge in [-0.15, -0.1) is 0 Å². The second-order valence-corrected chi connectivity index (χ2v) is 7.02. The Morgan fingerprint density at radius 3 is 2.28 bits per heavy atom. The molecule has 0 aromatic rings. The first-order chi connectivity index (χ1) is 8.12. The molecule has 6 nitrogen and oxygen atoms in total. The van der Waals surface area contributed by atoms with Crippen LogP contribution in [0.3, 0.4) is 0 Å². The van der Waals surface area contributed by atoms with Crippen molar-refractivity contribution in [3.8, 4) is 0 Å². The molecule has 8 heteroatoms. The van der Waals surface area contributed by atoms with Gasteiger partial charge >= 0.3 is 0 Å². The van der Waals surface area contributed by atoms with Gasteiger partial charge in [-0.25, -0.2) is 8.42 Å². The molecule has 1 unspecified atom stereocenters. The summed E-state index contributed by atoms with van der Waals surface area (Å²) in [5, 5.41) is 1.70. The van der Waals surface area contributed by atoms with E-state index in [0.29, 0.717) is 0 Å². The van der Waals surface area contributed by atoms with Crippen LogP contribution in [-0.2, 0) is 14.8 Å². The molecule has 1 amide bonds. The van der Waals surface area contributed by atoms with Gasteiger partial charge in [-0.05, 0) is 20.3 Å². The second kappa shape index (κ2) is 7.01. The van der Waals surface area contributed by atoms with E-state index in [0.717, 1.165) is 4.31 Å². The molecule has 3 N–H and O–H groups in total. The van der Waals surface area contributed by atoms with Gasteiger partial charge in [0.05, 0.1) is 11.5 Å². The first kappa shape index (κ1) is 17.3. The van der Waals surface area contributed by atoms with Crippen LogP contribution in [0.5, 0.6) is 0 Å². The number of carbonyl (C=O) groups excluding carboxylic acids is 1. The van der Waals surface area contributed by atoms with Crippen molar-refractivity contribution in [1.82, 2.24) is 9.62 Å². The van der Waals surface area contributed by atoms with Crippen LogP contribution < -0.4 is 11.1 Å². The number of nitrogens with one attached hydrogen (secondary N) is 1. The first-order valence-corrected chi connectivity index (χ1v) is 7.57. The van der Waals surface area contributed by atoms with Gasteiger partial charge in [-0.2, -0.15) is 4.31 Å². The topological polar surface area (TPSA) is 92.5 Å². The zero-order valence-electron chi connectivity index (χ0n) is 11.1. The van der Waals surface area contributed by atoms with Gasteiger partial charge in [0.15, 0.2) is 0 Å². The number of carbonyl (C=O) groups is 1. The lowest BCUT2D eigenvalue weighted by Crippen LogP contribution is -2.47. The molecule has 0 saturated heterocycles. The van der Waals surface area contributed by atoms with Crippen LogP contribution in [0.15, 0.2) is 0 Å². The molecule has 106 valence electrons. The normalized spacial score (nSPS) is 13.7. The van der Waals surface area contributed by atoms with E-state index >= 15 is 0 Å². The standard InChI is InChI=1S/C10H21N3O3S2/c1-5-8(10(11)17)18(15,16)13(4)6-9(14)12-7(2)3/h7-8H,5-6H2,1-4H3,(H2,11,17)(H,12,14). The minimum Gasteiger partial charge on any atom is -0.392 e. The predicted octanol–water partition coefficient (Wildman–Crippen LogP) is -0.163. The smallest absolute Gasteiger partial charge is 0.235 e. The van der Waals surface area contributed by atoms with Crippen LogP contribution in [0, 0.1) is 0 Å². The Morgan fingerprint density at radius 1 is 1.44 bits per heavy atom. The highest BCUT2D eigenvalue weighted by Crippen LogP contribution is 2.11. The fourth-order valence-corrected chi connectivity index (χ4v) is 3.41. The number of hydrogen-bond acceptors (Lipinski definition) is 4. The molecule has 0 bridgehead atoms. The van der Waals surface area contributed by atoms with Crippen LogP contribution in [-0.4, -0.2) is 48.5 Å². The third kappa shape index (κ3) is 4.87. The number of sulfonamides is 1. The quantitative estimate of drug-likeness (QED) is 0.637. The fourth-order valence-electron chi connectivity index (χ4n) is 1.44. The van der Waals surface area contributed by atoms with Crippen LogP contribution in [0.1, 0.15) is 27.2 Å². The molecule has 0 aromatic carbocycles. The van der Waals surface area contributed by atoms with Crippen LogP contribution in [0.25, 0.3) is 0 Å². The molecule has 1 atom stereocenters. The number of nitrogens with two attached hydrogens (primary N) is 1. The van der Waals surface area contributed by atoms with E-state index in [1.54, 1.807) is 20.8 Å². The van der Waals surface area contributed by atoms with Crippen molar-refractivity contribution in [1.29, 1.82) is 0 Å². The van der Waals surface area contributed by atoms with Crippen LogP contribution >= 0.6 is 12.2 Å². The second-order valence-electron chi connectivity index (χ2n) is 4.32. The SMILES string of the molecule is CCC(C(N)=S)S(=O)(=O)N(C)CC(=O)NC(C)C. The molecule has 0 saturated carbocycles. The van der Waals surface area contributed by atoms with Gasteiger partial charge < -0.3 is 11.1 Å². The van der Waals surface area contributed by atoms with E-state index in [2.05, 4.69) is 5.32 Å². The number of likely N-dealkylation sites (N-methyl/N-ethyl adjacent to an activating group) is 1. The predicted molar refractivity (Wildman–Crippen MR) is 75.7 cm³/mol. The van der Waals surface area contributed by atoms with Gasteiger partial charge in [0, 0.05) is 13.1 Å². The Hall–Kier alpha value is -0.730. The molecule has 0 heterocycles. The number of thiocarbonyl (C=S) groups is 1. The zero-order valence-corrected chi connectivity index (χ0v) is 12.8. The van der Waals surface area contributed by atoms with E-state index < -0.39 is 15.3 Å². The van der Waals surface area contributed by atoms with Gasteiger partial charge in [-0.3, -0.25) is 4.79 Å². The average molecular weight is 295 g/mol. The van der Waals surface area contributed by atoms with E-state index in [-0.39, 0.29) is 29.9 Å². The third-order valence-electron chi connectivity index (χ3n) is 2.30. The van der Waals surface area contributed by atoms with Gasteiger partial charge in [0.2, 0.25) is 15.9 Å². The molecule has 0 aliphatic rings. The minimum atomic E-state index is -3.67. The summed E-state index contributed by atoms with van der Waals surface area (Å²) in [6.07, 6.45) is 0.286. The van der Waals surface area contributed by atoms with Crippen molar-refractivity contribution in [3.05, 3.63) is 0 Å². The Morgan fingerprint density at radius 2 is 1.94 bits per heavy atom. The maximum atomic E-state index is 12.1. The van der Waals surface area contributed by atoms with Crippen LogP contribution in [0.2, 0.25) is 0 Å². The molecule has 0 spiro atoms. The molecule has 18 heavy (non-hydrogen) atoms. The van der Waals surface area contributed by atoms with Crippen molar-refractivity contribution in [2.75, 3.05) is 13.6 Å². The summed E-state index contributed by atoms with van der Waals surface area (Å²) in [6, 6.07) is -0.0360. The van der Waals surface area contributed by atoms with E-state index in [9.17, 15) is 13.2 Å². The van der Waals surface area contributed by atoms with Gasteiger partial charge in [-0.1, -0.05) is 19.1 Å². The lowest BCUT2D eigenvalue weighted by atomic mass is 10.3. The summed E-state index contributed by atoms with van der Waals surface area (Å²) in [6.45, 7) is 5.05. The van der Waals surface area contributed by atoms with Crippen LogP contribution in [0.4, 0.5) is 0 Å². The fraction of sp³-hybridized carbons (Fsp3) is 0.800. The van der Waals surface area contributed by atoms with E-state index in [4.69, 9.17) is 18.0 Å². The van der Waals surface area contributed by atoms with E-state index in [1.807, 2.05) is 0 Å². The van der Waals surface area contributed by atoms with Crippen molar-refractivity contribution >= 4 is 33.1 Å². The molecular formula is C10H21N3O3S2. The molecule has 0 radical (unpaired) electrons. The lowest BCUT2D eigenvalue weighted by Gasteiger charge is -2.22. The summed E-state index contributed by atoms with van der Waals surface area (Å²) < 4.78 is 25.2. The maximum absolute atomic E-state index is 12.1. The monoisotopic (exact) mass is 295 g/mol. The van der Waals surface area contributed by atoms with Gasteiger partial charge in [0.25, 0.3) is 0 Å². The molecule has 0 rings (SSSR count). The number of hydrogen-bond donors (Lipinski definition) is 2. The first-order valence-electron chi connectivity index (χ1n) is 5.66. The molecular weight excluding hydrogens is 274 g/mol. The minimum absolute atomic E-state index is 0.0360. The van der Waals surface area contributed by atoms with Crippen molar-refractivity contribution in [3.63, 3.8) is 0 Å². The van der Waals surface area contributed by atoms with Crippen molar-refractivity contribution in [2.24, 2.45) is 5.73 Å². The highest BCUT2D eigenvalue weighted by atomic mass is 32.2. The summed E-state index contributed by atoms with van der Waals surface area (Å²) in [4.78, 5) is 11.4. The Balaban J connectivity index is 4.81. The maximum Gasteiger partial charge on any atom is 0.235 e. The largest absolute Gasteiger partial charge is 0.392 e. The molecule has 0 aromatic heterocycles. The Bertz CT molecular complexity index is 407. The Kier molecular flexibility index (Phi) is 6.72. The third-order valence-corrected chi connectivity index (χ3v) is 5.04. The van der Waals surface area contributed by atoms with Gasteiger partial charge in [0.1, 0.15) is 5.25 Å².